The molecule has 132 valence electrons. The van der Waals surface area contributed by atoms with E-state index in [0.29, 0.717) is 13.0 Å². The number of benzene rings is 1. The SMILES string of the molecule is CC1(C(=O)O)CCN(CC(=O)Nc2cc(C(F)(F)F)ccc2Cl)C1. The molecule has 0 aromatic heterocycles. The van der Waals surface area contributed by atoms with Gasteiger partial charge in [-0.1, -0.05) is 11.6 Å². The van der Waals surface area contributed by atoms with Gasteiger partial charge in [0.15, 0.2) is 0 Å². The van der Waals surface area contributed by atoms with E-state index in [4.69, 9.17) is 16.7 Å². The number of nitrogens with zero attached hydrogens (tertiary/aromatic N) is 1. The van der Waals surface area contributed by atoms with Gasteiger partial charge in [0, 0.05) is 6.54 Å². The molecule has 1 heterocycles. The molecule has 0 aliphatic carbocycles. The molecule has 2 N–H and O–H groups in total. The highest BCUT2D eigenvalue weighted by Gasteiger charge is 2.40. The smallest absolute Gasteiger partial charge is 0.416 e. The molecule has 0 spiro atoms. The number of alkyl halides is 3. The molecule has 0 bridgehead atoms. The second kappa shape index (κ2) is 6.60. The number of hydrogen-bond acceptors (Lipinski definition) is 3. The van der Waals surface area contributed by atoms with Crippen molar-refractivity contribution in [2.45, 2.75) is 19.5 Å². The van der Waals surface area contributed by atoms with Crippen molar-refractivity contribution in [3.05, 3.63) is 28.8 Å². The second-order valence-electron chi connectivity index (χ2n) is 6.07. The van der Waals surface area contributed by atoms with Gasteiger partial charge in [-0.3, -0.25) is 14.5 Å². The lowest BCUT2D eigenvalue weighted by atomic mass is 9.90. The van der Waals surface area contributed by atoms with Gasteiger partial charge in [-0.2, -0.15) is 13.2 Å². The summed E-state index contributed by atoms with van der Waals surface area (Å²) in [6.45, 7) is 2.10. The molecular formula is C15H16ClF3N2O3. The van der Waals surface area contributed by atoms with Crippen LogP contribution in [0.1, 0.15) is 18.9 Å². The Balaban J connectivity index is 2.02. The van der Waals surface area contributed by atoms with Gasteiger partial charge in [0.2, 0.25) is 5.91 Å². The van der Waals surface area contributed by atoms with Gasteiger partial charge in [-0.15, -0.1) is 0 Å². The van der Waals surface area contributed by atoms with Crippen LogP contribution in [-0.2, 0) is 15.8 Å². The van der Waals surface area contributed by atoms with E-state index in [-0.39, 0.29) is 23.8 Å². The van der Waals surface area contributed by atoms with Crippen LogP contribution in [0.25, 0.3) is 0 Å². The maximum Gasteiger partial charge on any atom is 0.416 e. The molecule has 1 aromatic carbocycles. The standard InChI is InChI=1S/C15H16ClF3N2O3/c1-14(13(23)24)4-5-21(8-14)7-12(22)20-11-6-9(15(17,18)19)2-3-10(11)16/h2-3,6H,4-5,7-8H2,1H3,(H,20,22)(H,23,24). The van der Waals surface area contributed by atoms with E-state index in [9.17, 15) is 22.8 Å². The van der Waals surface area contributed by atoms with Crippen molar-refractivity contribution in [2.24, 2.45) is 5.41 Å². The highest BCUT2D eigenvalue weighted by atomic mass is 35.5. The predicted octanol–water partition coefficient (Wildman–Crippen LogP) is 3.09. The van der Waals surface area contributed by atoms with E-state index in [1.165, 1.54) is 0 Å². The Labute approximate surface area is 141 Å². The summed E-state index contributed by atoms with van der Waals surface area (Å²) >= 11 is 5.82. The molecule has 0 radical (unpaired) electrons. The number of carboxylic acid groups (broad SMARTS) is 1. The molecule has 1 fully saturated rings. The number of carbonyl (C=O) groups excluding carboxylic acids is 1. The molecule has 1 atom stereocenters. The third-order valence-corrected chi connectivity index (χ3v) is 4.33. The van der Waals surface area contributed by atoms with Crippen molar-refractivity contribution >= 4 is 29.2 Å². The number of carboxylic acids is 1. The number of aliphatic carboxylic acids is 1. The van der Waals surface area contributed by atoms with Crippen LogP contribution >= 0.6 is 11.6 Å². The largest absolute Gasteiger partial charge is 0.481 e. The number of amides is 1. The molecule has 1 aliphatic rings. The van der Waals surface area contributed by atoms with Gasteiger partial charge in [0.25, 0.3) is 0 Å². The number of hydrogen-bond donors (Lipinski definition) is 2. The minimum atomic E-state index is -4.54. The van der Waals surface area contributed by atoms with Gasteiger partial charge >= 0.3 is 12.1 Å². The first-order valence-electron chi connectivity index (χ1n) is 7.14. The minimum Gasteiger partial charge on any atom is -0.481 e. The maximum absolute atomic E-state index is 12.7. The van der Waals surface area contributed by atoms with Gasteiger partial charge in [-0.05, 0) is 38.1 Å². The third kappa shape index (κ3) is 4.18. The molecule has 5 nitrogen and oxygen atoms in total. The third-order valence-electron chi connectivity index (χ3n) is 4.00. The fourth-order valence-electron chi connectivity index (χ4n) is 2.56. The zero-order valence-electron chi connectivity index (χ0n) is 12.8. The average molecular weight is 365 g/mol. The molecule has 2 rings (SSSR count). The van der Waals surface area contributed by atoms with E-state index in [2.05, 4.69) is 5.32 Å². The highest BCUT2D eigenvalue weighted by molar-refractivity contribution is 6.33. The van der Waals surface area contributed by atoms with Crippen LogP contribution in [-0.4, -0.2) is 41.5 Å². The fourth-order valence-corrected chi connectivity index (χ4v) is 2.72. The van der Waals surface area contributed by atoms with Gasteiger partial charge < -0.3 is 10.4 Å². The highest BCUT2D eigenvalue weighted by Crippen LogP contribution is 2.34. The lowest BCUT2D eigenvalue weighted by Gasteiger charge is -2.20. The molecule has 1 amide bonds. The van der Waals surface area contributed by atoms with Crippen molar-refractivity contribution in [1.82, 2.24) is 4.90 Å². The molecule has 1 aliphatic heterocycles. The number of rotatable bonds is 4. The summed E-state index contributed by atoms with van der Waals surface area (Å²) in [4.78, 5) is 24.8. The molecule has 0 saturated carbocycles. The van der Waals surface area contributed by atoms with E-state index in [1.807, 2.05) is 0 Å². The average Bonchev–Trinajstić information content (AvgIpc) is 2.82. The summed E-state index contributed by atoms with van der Waals surface area (Å²) in [5, 5.41) is 11.5. The Morgan fingerprint density at radius 1 is 1.42 bits per heavy atom. The molecular weight excluding hydrogens is 349 g/mol. The normalized spacial score (nSPS) is 21.7. The Hall–Kier alpha value is -1.80. The molecule has 9 heteroatoms. The van der Waals surface area contributed by atoms with Crippen molar-refractivity contribution in [2.75, 3.05) is 25.0 Å². The molecule has 1 unspecified atom stereocenters. The Morgan fingerprint density at radius 3 is 2.62 bits per heavy atom. The second-order valence-corrected chi connectivity index (χ2v) is 6.47. The monoisotopic (exact) mass is 364 g/mol. The Kier molecular flexibility index (Phi) is 5.10. The summed E-state index contributed by atoms with van der Waals surface area (Å²) in [6, 6.07) is 2.67. The summed E-state index contributed by atoms with van der Waals surface area (Å²) < 4.78 is 38.1. The van der Waals surface area contributed by atoms with Gasteiger partial charge in [0.1, 0.15) is 0 Å². The van der Waals surface area contributed by atoms with E-state index in [0.717, 1.165) is 18.2 Å². The quantitative estimate of drug-likeness (QED) is 0.861. The zero-order valence-corrected chi connectivity index (χ0v) is 13.5. The van der Waals surface area contributed by atoms with E-state index >= 15 is 0 Å². The first-order chi connectivity index (χ1) is 11.0. The zero-order chi connectivity index (χ0) is 18.1. The minimum absolute atomic E-state index is 0.00635. The van der Waals surface area contributed by atoms with Crippen LogP contribution in [0.15, 0.2) is 18.2 Å². The van der Waals surface area contributed by atoms with Crippen molar-refractivity contribution in [1.29, 1.82) is 0 Å². The van der Waals surface area contributed by atoms with Crippen molar-refractivity contribution < 1.29 is 27.9 Å². The Morgan fingerprint density at radius 2 is 2.08 bits per heavy atom. The van der Waals surface area contributed by atoms with E-state index in [1.54, 1.807) is 11.8 Å². The van der Waals surface area contributed by atoms with Crippen molar-refractivity contribution in [3.8, 4) is 0 Å². The van der Waals surface area contributed by atoms with Gasteiger partial charge in [0.05, 0.1) is 28.2 Å². The number of nitrogens with one attached hydrogen (secondary N) is 1. The summed E-state index contributed by atoms with van der Waals surface area (Å²) in [6.07, 6.45) is -4.14. The van der Waals surface area contributed by atoms with Gasteiger partial charge in [-0.25, -0.2) is 0 Å². The molecule has 1 aromatic rings. The molecule has 1 saturated heterocycles. The summed E-state index contributed by atoms with van der Waals surface area (Å²) in [7, 11) is 0. The van der Waals surface area contributed by atoms with E-state index < -0.39 is 29.0 Å². The summed E-state index contributed by atoms with van der Waals surface area (Å²) in [5.41, 5.74) is -1.97. The maximum atomic E-state index is 12.7. The predicted molar refractivity (Wildman–Crippen MR) is 81.9 cm³/mol. The topological polar surface area (TPSA) is 69.6 Å². The van der Waals surface area contributed by atoms with Crippen LogP contribution in [0, 0.1) is 5.41 Å². The number of carbonyl (C=O) groups is 2. The lowest BCUT2D eigenvalue weighted by Crippen LogP contribution is -2.35. The van der Waals surface area contributed by atoms with Crippen LogP contribution in [0.4, 0.5) is 18.9 Å². The lowest BCUT2D eigenvalue weighted by molar-refractivity contribution is -0.147. The van der Waals surface area contributed by atoms with Crippen molar-refractivity contribution in [3.63, 3.8) is 0 Å². The van der Waals surface area contributed by atoms with Crippen LogP contribution < -0.4 is 5.32 Å². The number of anilines is 1. The van der Waals surface area contributed by atoms with Crippen LogP contribution in [0.3, 0.4) is 0 Å². The van der Waals surface area contributed by atoms with Crippen LogP contribution in [0.2, 0.25) is 5.02 Å². The number of likely N-dealkylation sites (tertiary alicyclic amines) is 1. The van der Waals surface area contributed by atoms with Crippen LogP contribution in [0.5, 0.6) is 0 Å². The summed E-state index contributed by atoms with van der Waals surface area (Å²) in [5.74, 6) is -1.49. The number of halogens is 4. The Bertz CT molecular complexity index is 666. The first kappa shape index (κ1) is 18.5. The first-order valence-corrected chi connectivity index (χ1v) is 7.51. The fraction of sp³-hybridized carbons (Fsp3) is 0.467. The molecule has 24 heavy (non-hydrogen) atoms.